The van der Waals surface area contributed by atoms with Gasteiger partial charge in [0, 0.05) is 0 Å². The molecule has 0 aliphatic heterocycles. The van der Waals surface area contributed by atoms with Crippen LogP contribution >= 0.6 is 17.0 Å². The van der Waals surface area contributed by atoms with Gasteiger partial charge in [0.05, 0.1) is 0 Å². The van der Waals surface area contributed by atoms with Gasteiger partial charge < -0.3 is 0 Å². The summed E-state index contributed by atoms with van der Waals surface area (Å²) < 4.78 is 0. The first-order valence-electron chi connectivity index (χ1n) is 8.29. The van der Waals surface area contributed by atoms with Crippen molar-refractivity contribution >= 4 is 38.6 Å². The first-order chi connectivity index (χ1) is 12.2. The van der Waals surface area contributed by atoms with Crippen molar-refractivity contribution < 1.29 is 20.8 Å². The molecule has 4 aromatic rings. The van der Waals surface area contributed by atoms with Gasteiger partial charge in [-0.25, -0.2) is 0 Å². The second-order valence-corrected chi connectivity index (χ2v) is 10.1. The Kier molecular flexibility index (Phi) is 6.45. The van der Waals surface area contributed by atoms with Crippen LogP contribution in [0.1, 0.15) is 25.3 Å². The molecule has 0 saturated heterocycles. The zero-order chi connectivity index (χ0) is 17.8. The normalized spacial score (nSPS) is 10.8. The van der Waals surface area contributed by atoms with Crippen LogP contribution in [0.25, 0.3) is 32.7 Å². The molecule has 0 N–H and O–H groups in total. The number of halogens is 2. The quantitative estimate of drug-likeness (QED) is 0.275. The number of rotatable bonds is 2. The Hall–Kier alpha value is -1.01. The number of hydrogen-bond donors (Lipinski definition) is 0. The zero-order valence-corrected chi connectivity index (χ0v) is 18.2. The summed E-state index contributed by atoms with van der Waals surface area (Å²) in [5.41, 5.74) is 4.08. The van der Waals surface area contributed by atoms with Crippen molar-refractivity contribution in [3.05, 3.63) is 78.4 Å². The van der Waals surface area contributed by atoms with Gasteiger partial charge in [-0.1, -0.05) is 67.9 Å². The fraction of sp³-hybridized carbons (Fsp3) is 0.136. The third-order valence-corrected chi connectivity index (χ3v) is 4.52. The Morgan fingerprint density at radius 3 is 2.12 bits per heavy atom. The topological polar surface area (TPSA) is 0 Å². The van der Waals surface area contributed by atoms with Gasteiger partial charge in [0.2, 0.25) is 0 Å². The van der Waals surface area contributed by atoms with Gasteiger partial charge in [0.15, 0.2) is 0 Å². The number of fused-ring (bicyclic) bond motifs is 2. The van der Waals surface area contributed by atoms with Crippen molar-refractivity contribution in [2.24, 2.45) is 0 Å². The second kappa shape index (κ2) is 8.58. The Morgan fingerprint density at radius 1 is 0.800 bits per heavy atom. The van der Waals surface area contributed by atoms with Gasteiger partial charge in [-0.2, -0.15) is 6.07 Å². The Balaban J connectivity index is 0.000000569. The Labute approximate surface area is 167 Å². The molecule has 0 aromatic heterocycles. The molecular formula is C22H19Cl2Zr-. The van der Waals surface area contributed by atoms with E-state index in [0.717, 1.165) is 0 Å². The van der Waals surface area contributed by atoms with Crippen LogP contribution in [0.2, 0.25) is 0 Å². The predicted molar refractivity (Wildman–Crippen MR) is 108 cm³/mol. The van der Waals surface area contributed by atoms with Crippen LogP contribution in [0.15, 0.2) is 72.8 Å². The van der Waals surface area contributed by atoms with Crippen molar-refractivity contribution in [1.82, 2.24) is 0 Å². The van der Waals surface area contributed by atoms with Gasteiger partial charge in [0.25, 0.3) is 0 Å². The molecule has 25 heavy (non-hydrogen) atoms. The summed E-state index contributed by atoms with van der Waals surface area (Å²) in [6.07, 6.45) is 0. The molecule has 0 radical (unpaired) electrons. The monoisotopic (exact) mass is 443 g/mol. The summed E-state index contributed by atoms with van der Waals surface area (Å²) >= 11 is -0.826. The molecule has 0 atom stereocenters. The maximum absolute atomic E-state index is 4.93. The van der Waals surface area contributed by atoms with Crippen molar-refractivity contribution in [2.75, 3.05) is 0 Å². The minimum absolute atomic E-state index is 0.563. The minimum atomic E-state index is -0.826. The first kappa shape index (κ1) is 18.8. The van der Waals surface area contributed by atoms with Crippen molar-refractivity contribution in [2.45, 2.75) is 19.8 Å². The molecule has 126 valence electrons. The van der Waals surface area contributed by atoms with Crippen LogP contribution in [0.4, 0.5) is 0 Å². The molecule has 4 aromatic carbocycles. The van der Waals surface area contributed by atoms with E-state index < -0.39 is 20.8 Å². The van der Waals surface area contributed by atoms with Crippen LogP contribution in [-0.4, -0.2) is 0 Å². The van der Waals surface area contributed by atoms with Crippen LogP contribution in [0.5, 0.6) is 0 Å². The zero-order valence-electron chi connectivity index (χ0n) is 14.3. The van der Waals surface area contributed by atoms with Crippen LogP contribution < -0.4 is 0 Å². The van der Waals surface area contributed by atoms with Gasteiger partial charge in [0.1, 0.15) is 0 Å². The summed E-state index contributed by atoms with van der Waals surface area (Å²) in [7, 11) is 9.87. The fourth-order valence-electron chi connectivity index (χ4n) is 3.29. The van der Waals surface area contributed by atoms with Crippen molar-refractivity contribution in [3.63, 3.8) is 0 Å². The molecular weight excluding hydrogens is 426 g/mol. The summed E-state index contributed by atoms with van der Waals surface area (Å²) in [5.74, 6) is 0.563. The predicted octanol–water partition coefficient (Wildman–Crippen LogP) is 7.88. The van der Waals surface area contributed by atoms with Gasteiger partial charge in [-0.3, -0.25) is 0 Å². The average molecular weight is 446 g/mol. The van der Waals surface area contributed by atoms with Crippen LogP contribution in [0.3, 0.4) is 0 Å². The van der Waals surface area contributed by atoms with Crippen molar-refractivity contribution in [1.29, 1.82) is 0 Å². The van der Waals surface area contributed by atoms with E-state index >= 15 is 0 Å². The molecule has 0 nitrogen and oxygen atoms in total. The number of benzene rings is 3. The Morgan fingerprint density at radius 2 is 1.40 bits per heavy atom. The van der Waals surface area contributed by atoms with E-state index in [-0.39, 0.29) is 0 Å². The second-order valence-electron chi connectivity index (χ2n) is 6.35. The van der Waals surface area contributed by atoms with E-state index in [9.17, 15) is 0 Å². The molecule has 0 amide bonds. The molecule has 0 fully saturated rings. The summed E-state index contributed by atoms with van der Waals surface area (Å²) in [6, 6.07) is 26.5. The maximum atomic E-state index is 4.93. The van der Waals surface area contributed by atoms with Gasteiger partial charge >= 0.3 is 37.9 Å². The molecule has 3 heteroatoms. The molecule has 0 spiro atoms. The standard InChI is InChI=1S/C22H19.2ClH.Zr/c1-15(2)18-13-17-9-6-12-21(22(17)14-18)20-11-5-8-16-7-3-4-10-19(16)20;;;/h3-15H,1-2H3;2*1H;/q-1;;;+2/p-2. The molecule has 0 heterocycles. The van der Waals surface area contributed by atoms with E-state index in [1.165, 1.54) is 38.2 Å². The van der Waals surface area contributed by atoms with Crippen molar-refractivity contribution in [3.8, 4) is 11.1 Å². The Bertz CT molecular complexity index is 980. The molecule has 0 unspecified atom stereocenters. The summed E-state index contributed by atoms with van der Waals surface area (Å²) in [4.78, 5) is 0. The summed E-state index contributed by atoms with van der Waals surface area (Å²) in [5, 5.41) is 5.33. The fourth-order valence-corrected chi connectivity index (χ4v) is 3.29. The van der Waals surface area contributed by atoms with E-state index in [4.69, 9.17) is 17.0 Å². The molecule has 0 saturated carbocycles. The van der Waals surface area contributed by atoms with E-state index in [2.05, 4.69) is 86.6 Å². The summed E-state index contributed by atoms with van der Waals surface area (Å²) in [6.45, 7) is 4.51. The van der Waals surface area contributed by atoms with Crippen LogP contribution in [-0.2, 0) is 20.8 Å². The van der Waals surface area contributed by atoms with E-state index in [1.54, 1.807) is 0 Å². The average Bonchev–Trinajstić information content (AvgIpc) is 3.07. The van der Waals surface area contributed by atoms with E-state index in [1.807, 2.05) is 0 Å². The molecule has 0 aliphatic carbocycles. The first-order valence-corrected chi connectivity index (χ1v) is 14.6. The molecule has 0 bridgehead atoms. The third-order valence-electron chi connectivity index (χ3n) is 4.52. The molecule has 0 aliphatic rings. The number of hydrogen-bond acceptors (Lipinski definition) is 0. The molecule has 4 rings (SSSR count). The van der Waals surface area contributed by atoms with Gasteiger partial charge in [-0.05, 0) is 22.3 Å². The SMILES string of the molecule is CC(C)c1cc2c(-c3cccc4ccccc34)cccc2[cH-]1.[Cl][Zr][Cl]. The van der Waals surface area contributed by atoms with Crippen LogP contribution in [0, 0.1) is 0 Å². The third kappa shape index (κ3) is 4.05. The van der Waals surface area contributed by atoms with Gasteiger partial charge in [-0.15, -0.1) is 34.5 Å². The van der Waals surface area contributed by atoms with E-state index in [0.29, 0.717) is 5.92 Å².